The second kappa shape index (κ2) is 5.69. The lowest BCUT2D eigenvalue weighted by molar-refractivity contribution is 0.598. The van der Waals surface area contributed by atoms with Gasteiger partial charge < -0.3 is 0 Å². The number of nitrogens with zero attached hydrogens (tertiary/aromatic N) is 2. The Morgan fingerprint density at radius 1 is 0.955 bits per heavy atom. The second-order valence-corrected chi connectivity index (χ2v) is 6.58. The van der Waals surface area contributed by atoms with Crippen molar-refractivity contribution in [1.82, 2.24) is 4.98 Å². The van der Waals surface area contributed by atoms with Crippen LogP contribution in [0.1, 0.15) is 11.3 Å². The highest BCUT2D eigenvalue weighted by atomic mass is 32.2. The average Bonchev–Trinajstić information content (AvgIpc) is 2.53. The van der Waals surface area contributed by atoms with E-state index in [1.165, 1.54) is 6.21 Å². The van der Waals surface area contributed by atoms with Gasteiger partial charge >= 0.3 is 0 Å². The number of aromatic nitrogens is 1. The number of benzene rings is 2. The maximum atomic E-state index is 12.2. The lowest BCUT2D eigenvalue weighted by Gasteiger charge is -2.00. The maximum Gasteiger partial charge on any atom is 0.282 e. The molecule has 0 bridgehead atoms. The standard InChI is InChI=1S/C17H14N2O2S/c1-13-6-10-16(11-7-13)22(20,21)18-12-15-9-8-14-4-2-3-5-17(14)19-15/h2-12H,1H3/b18-12+. The van der Waals surface area contributed by atoms with Gasteiger partial charge in [-0.05, 0) is 31.2 Å². The van der Waals surface area contributed by atoms with Crippen LogP contribution in [0.4, 0.5) is 0 Å². The molecule has 0 saturated heterocycles. The Kier molecular flexibility index (Phi) is 3.73. The fourth-order valence-corrected chi connectivity index (χ4v) is 2.90. The third-order valence-electron chi connectivity index (χ3n) is 3.26. The van der Waals surface area contributed by atoms with E-state index in [4.69, 9.17) is 0 Å². The predicted molar refractivity (Wildman–Crippen MR) is 87.7 cm³/mol. The fraction of sp³-hybridized carbons (Fsp3) is 0.0588. The van der Waals surface area contributed by atoms with Crippen LogP contribution in [0.2, 0.25) is 0 Å². The molecule has 2 aromatic carbocycles. The number of aryl methyl sites for hydroxylation is 1. The van der Waals surface area contributed by atoms with Gasteiger partial charge in [0.05, 0.1) is 22.3 Å². The lowest BCUT2D eigenvalue weighted by Crippen LogP contribution is -1.98. The summed E-state index contributed by atoms with van der Waals surface area (Å²) in [5, 5.41) is 1.00. The minimum atomic E-state index is -3.70. The Balaban J connectivity index is 1.92. The van der Waals surface area contributed by atoms with Crippen molar-refractivity contribution in [2.75, 3.05) is 0 Å². The molecule has 0 saturated carbocycles. The molecule has 0 aliphatic carbocycles. The van der Waals surface area contributed by atoms with Gasteiger partial charge in [0.15, 0.2) is 0 Å². The first-order chi connectivity index (χ1) is 10.5. The molecule has 0 radical (unpaired) electrons. The zero-order valence-corrected chi connectivity index (χ0v) is 12.8. The summed E-state index contributed by atoms with van der Waals surface area (Å²) in [5.74, 6) is 0. The summed E-state index contributed by atoms with van der Waals surface area (Å²) in [7, 11) is -3.70. The van der Waals surface area contributed by atoms with E-state index in [-0.39, 0.29) is 4.90 Å². The Morgan fingerprint density at radius 3 is 2.45 bits per heavy atom. The topological polar surface area (TPSA) is 59.4 Å². The van der Waals surface area contributed by atoms with Crippen molar-refractivity contribution in [3.05, 3.63) is 71.9 Å². The molecule has 0 aliphatic heterocycles. The normalized spacial score (nSPS) is 12.0. The van der Waals surface area contributed by atoms with Crippen molar-refractivity contribution < 1.29 is 8.42 Å². The first-order valence-corrected chi connectivity index (χ1v) is 8.21. The van der Waals surface area contributed by atoms with Gasteiger partial charge in [-0.1, -0.05) is 42.0 Å². The van der Waals surface area contributed by atoms with Gasteiger partial charge in [0.25, 0.3) is 10.0 Å². The van der Waals surface area contributed by atoms with Crippen LogP contribution in [0, 0.1) is 6.92 Å². The Hall–Kier alpha value is -2.53. The number of rotatable bonds is 3. The molecule has 3 aromatic rings. The van der Waals surface area contributed by atoms with Gasteiger partial charge in [0.2, 0.25) is 0 Å². The molecule has 5 heteroatoms. The van der Waals surface area contributed by atoms with Crippen LogP contribution in [0.3, 0.4) is 0 Å². The quantitative estimate of drug-likeness (QED) is 0.697. The van der Waals surface area contributed by atoms with E-state index in [0.29, 0.717) is 5.69 Å². The molecular formula is C17H14N2O2S. The lowest BCUT2D eigenvalue weighted by atomic mass is 10.2. The Labute approximate surface area is 129 Å². The highest BCUT2D eigenvalue weighted by molar-refractivity contribution is 7.90. The molecule has 0 spiro atoms. The number of fused-ring (bicyclic) bond motifs is 1. The van der Waals surface area contributed by atoms with Gasteiger partial charge in [-0.2, -0.15) is 12.8 Å². The van der Waals surface area contributed by atoms with E-state index in [1.807, 2.05) is 37.3 Å². The number of hydrogen-bond acceptors (Lipinski definition) is 3. The zero-order chi connectivity index (χ0) is 15.6. The third-order valence-corrected chi connectivity index (χ3v) is 4.51. The van der Waals surface area contributed by atoms with E-state index in [9.17, 15) is 8.42 Å². The van der Waals surface area contributed by atoms with Crippen LogP contribution in [-0.2, 0) is 10.0 Å². The molecule has 110 valence electrons. The number of sulfonamides is 1. The summed E-state index contributed by atoms with van der Waals surface area (Å²) in [6.45, 7) is 1.90. The SMILES string of the molecule is Cc1ccc(S(=O)(=O)/N=C/c2ccc3ccccc3n2)cc1. The van der Waals surface area contributed by atoms with Gasteiger partial charge in [-0.3, -0.25) is 0 Å². The second-order valence-electron chi connectivity index (χ2n) is 4.95. The van der Waals surface area contributed by atoms with Gasteiger partial charge in [0, 0.05) is 5.39 Å². The molecule has 4 nitrogen and oxygen atoms in total. The molecule has 0 aliphatic rings. The third kappa shape index (κ3) is 3.04. The molecule has 22 heavy (non-hydrogen) atoms. The summed E-state index contributed by atoms with van der Waals surface area (Å²) in [5.41, 5.74) is 2.31. The first kappa shape index (κ1) is 14.4. The van der Waals surface area contributed by atoms with Crippen molar-refractivity contribution in [3.63, 3.8) is 0 Å². The minimum absolute atomic E-state index is 0.176. The van der Waals surface area contributed by atoms with Crippen LogP contribution in [0.15, 0.2) is 70.0 Å². The minimum Gasteiger partial charge on any atom is -0.247 e. The molecule has 0 atom stereocenters. The van der Waals surface area contributed by atoms with Crippen molar-refractivity contribution in [2.45, 2.75) is 11.8 Å². The van der Waals surface area contributed by atoms with E-state index >= 15 is 0 Å². The highest BCUT2D eigenvalue weighted by Crippen LogP contribution is 2.14. The number of para-hydroxylation sites is 1. The summed E-state index contributed by atoms with van der Waals surface area (Å²) < 4.78 is 28.0. The summed E-state index contributed by atoms with van der Waals surface area (Å²) in [6.07, 6.45) is 1.28. The summed E-state index contributed by atoms with van der Waals surface area (Å²) in [4.78, 5) is 4.55. The summed E-state index contributed by atoms with van der Waals surface area (Å²) >= 11 is 0. The largest absolute Gasteiger partial charge is 0.282 e. The van der Waals surface area contributed by atoms with Gasteiger partial charge in [0.1, 0.15) is 0 Å². The first-order valence-electron chi connectivity index (χ1n) is 6.77. The summed E-state index contributed by atoms with van der Waals surface area (Å²) in [6, 6.07) is 17.9. The number of hydrogen-bond donors (Lipinski definition) is 0. The molecule has 1 aromatic heterocycles. The molecule has 0 amide bonds. The van der Waals surface area contributed by atoms with Crippen LogP contribution in [0.5, 0.6) is 0 Å². The Morgan fingerprint density at radius 2 is 1.68 bits per heavy atom. The van der Waals surface area contributed by atoms with Crippen molar-refractivity contribution >= 4 is 27.1 Å². The van der Waals surface area contributed by atoms with Crippen molar-refractivity contribution in [1.29, 1.82) is 0 Å². The molecule has 0 fully saturated rings. The monoisotopic (exact) mass is 310 g/mol. The number of pyridine rings is 1. The molecule has 0 N–H and O–H groups in total. The Bertz CT molecular complexity index is 946. The average molecular weight is 310 g/mol. The van der Waals surface area contributed by atoms with Gasteiger partial charge in [-0.15, -0.1) is 0 Å². The van der Waals surface area contributed by atoms with Crippen LogP contribution < -0.4 is 0 Å². The van der Waals surface area contributed by atoms with E-state index in [0.717, 1.165) is 16.5 Å². The predicted octanol–water partition coefficient (Wildman–Crippen LogP) is 3.35. The molecule has 1 heterocycles. The zero-order valence-electron chi connectivity index (χ0n) is 12.0. The van der Waals surface area contributed by atoms with Crippen LogP contribution in [0.25, 0.3) is 10.9 Å². The maximum absolute atomic E-state index is 12.2. The van der Waals surface area contributed by atoms with Gasteiger partial charge in [-0.25, -0.2) is 4.98 Å². The van der Waals surface area contributed by atoms with E-state index < -0.39 is 10.0 Å². The van der Waals surface area contributed by atoms with E-state index in [1.54, 1.807) is 30.3 Å². The van der Waals surface area contributed by atoms with Crippen LogP contribution >= 0.6 is 0 Å². The molecule has 0 unspecified atom stereocenters. The van der Waals surface area contributed by atoms with Crippen LogP contribution in [-0.4, -0.2) is 19.6 Å². The van der Waals surface area contributed by atoms with E-state index in [2.05, 4.69) is 9.38 Å². The molecule has 3 rings (SSSR count). The van der Waals surface area contributed by atoms with Crippen molar-refractivity contribution in [2.24, 2.45) is 4.40 Å². The molecular weight excluding hydrogens is 296 g/mol. The highest BCUT2D eigenvalue weighted by Gasteiger charge is 2.11. The fourth-order valence-electron chi connectivity index (χ4n) is 2.05. The van der Waals surface area contributed by atoms with Crippen molar-refractivity contribution in [3.8, 4) is 0 Å². The smallest absolute Gasteiger partial charge is 0.247 e.